The molecule has 118 valence electrons. The van der Waals surface area contributed by atoms with E-state index in [9.17, 15) is 4.79 Å². The van der Waals surface area contributed by atoms with Crippen LogP contribution in [0.3, 0.4) is 0 Å². The van der Waals surface area contributed by atoms with Gasteiger partial charge in [0.25, 0.3) is 5.82 Å². The SMILES string of the molecule is N#Cc1ncn(CC(=O)N2CCCC3(CCCCC3)CC2)n1. The molecule has 2 aliphatic rings. The summed E-state index contributed by atoms with van der Waals surface area (Å²) in [5, 5.41) is 12.7. The Balaban J connectivity index is 1.58. The van der Waals surface area contributed by atoms with Crippen LogP contribution in [-0.2, 0) is 11.3 Å². The minimum Gasteiger partial charge on any atom is -0.341 e. The van der Waals surface area contributed by atoms with Gasteiger partial charge in [-0.05, 0) is 37.5 Å². The summed E-state index contributed by atoms with van der Waals surface area (Å²) in [6.45, 7) is 1.89. The molecule has 0 atom stereocenters. The second-order valence-corrected chi connectivity index (χ2v) is 6.67. The fraction of sp³-hybridized carbons (Fsp3) is 0.750. The van der Waals surface area contributed by atoms with Gasteiger partial charge in [-0.25, -0.2) is 9.67 Å². The number of carbonyl (C=O) groups is 1. The van der Waals surface area contributed by atoms with Crippen molar-refractivity contribution in [1.29, 1.82) is 5.26 Å². The van der Waals surface area contributed by atoms with Gasteiger partial charge in [-0.1, -0.05) is 19.3 Å². The van der Waals surface area contributed by atoms with Crippen LogP contribution in [0.15, 0.2) is 6.33 Å². The quantitative estimate of drug-likeness (QED) is 0.838. The molecule has 1 aromatic heterocycles. The van der Waals surface area contributed by atoms with Crippen LogP contribution in [-0.4, -0.2) is 38.7 Å². The average Bonchev–Trinajstić information content (AvgIpc) is 2.89. The molecular formula is C16H23N5O. The number of nitriles is 1. The maximum atomic E-state index is 12.4. The Bertz CT molecular complexity index is 567. The largest absolute Gasteiger partial charge is 0.341 e. The van der Waals surface area contributed by atoms with Crippen molar-refractivity contribution in [1.82, 2.24) is 19.7 Å². The maximum Gasteiger partial charge on any atom is 0.252 e. The fourth-order valence-corrected chi connectivity index (χ4v) is 3.97. The van der Waals surface area contributed by atoms with Crippen molar-refractivity contribution >= 4 is 5.91 Å². The Morgan fingerprint density at radius 2 is 1.95 bits per heavy atom. The number of aromatic nitrogens is 3. The Labute approximate surface area is 131 Å². The van der Waals surface area contributed by atoms with Gasteiger partial charge in [-0.3, -0.25) is 4.79 Å². The zero-order valence-electron chi connectivity index (χ0n) is 13.0. The summed E-state index contributed by atoms with van der Waals surface area (Å²) in [7, 11) is 0. The highest BCUT2D eigenvalue weighted by Crippen LogP contribution is 2.44. The maximum absolute atomic E-state index is 12.4. The molecule has 1 spiro atoms. The van der Waals surface area contributed by atoms with Gasteiger partial charge in [0.1, 0.15) is 18.9 Å². The van der Waals surface area contributed by atoms with Crippen molar-refractivity contribution in [2.24, 2.45) is 5.41 Å². The molecule has 2 heterocycles. The highest BCUT2D eigenvalue weighted by atomic mass is 16.2. The van der Waals surface area contributed by atoms with E-state index in [0.717, 1.165) is 25.9 Å². The molecule has 2 fully saturated rings. The van der Waals surface area contributed by atoms with Crippen molar-refractivity contribution < 1.29 is 4.79 Å². The minimum atomic E-state index is 0.0854. The zero-order valence-corrected chi connectivity index (χ0v) is 13.0. The Hall–Kier alpha value is -1.90. The summed E-state index contributed by atoms with van der Waals surface area (Å²) < 4.78 is 1.46. The Morgan fingerprint density at radius 1 is 1.18 bits per heavy atom. The monoisotopic (exact) mass is 301 g/mol. The summed E-state index contributed by atoms with van der Waals surface area (Å²) in [6.07, 6.45) is 11.7. The third kappa shape index (κ3) is 3.29. The van der Waals surface area contributed by atoms with Crippen LogP contribution < -0.4 is 0 Å². The fourth-order valence-electron chi connectivity index (χ4n) is 3.97. The van der Waals surface area contributed by atoms with Gasteiger partial charge in [0.2, 0.25) is 5.91 Å². The lowest BCUT2D eigenvalue weighted by molar-refractivity contribution is -0.132. The Morgan fingerprint density at radius 3 is 2.68 bits per heavy atom. The van der Waals surface area contributed by atoms with Gasteiger partial charge >= 0.3 is 0 Å². The number of amides is 1. The standard InChI is InChI=1S/C16H23N5O/c17-11-14-18-13-21(19-14)12-15(22)20-9-4-7-16(8-10-20)5-2-1-3-6-16/h13H,1-10,12H2. The molecule has 1 saturated heterocycles. The smallest absolute Gasteiger partial charge is 0.252 e. The van der Waals surface area contributed by atoms with E-state index in [0.29, 0.717) is 5.41 Å². The van der Waals surface area contributed by atoms with Gasteiger partial charge in [-0.15, -0.1) is 5.10 Å². The van der Waals surface area contributed by atoms with Crippen molar-refractivity contribution in [2.75, 3.05) is 13.1 Å². The molecule has 0 unspecified atom stereocenters. The second kappa shape index (κ2) is 6.47. The predicted molar refractivity (Wildman–Crippen MR) is 80.7 cm³/mol. The molecule has 1 aliphatic heterocycles. The van der Waals surface area contributed by atoms with E-state index in [2.05, 4.69) is 10.1 Å². The van der Waals surface area contributed by atoms with Crippen molar-refractivity contribution in [2.45, 2.75) is 57.9 Å². The molecule has 22 heavy (non-hydrogen) atoms. The molecule has 1 amide bonds. The van der Waals surface area contributed by atoms with E-state index in [1.807, 2.05) is 11.0 Å². The molecule has 0 N–H and O–H groups in total. The van der Waals surface area contributed by atoms with Crippen LogP contribution in [0.4, 0.5) is 0 Å². The van der Waals surface area contributed by atoms with Crippen LogP contribution >= 0.6 is 0 Å². The van der Waals surface area contributed by atoms with E-state index in [-0.39, 0.29) is 18.3 Å². The van der Waals surface area contributed by atoms with Crippen LogP contribution in [0.25, 0.3) is 0 Å². The number of likely N-dealkylation sites (tertiary alicyclic amines) is 1. The number of rotatable bonds is 2. The number of carbonyl (C=O) groups excluding carboxylic acids is 1. The van der Waals surface area contributed by atoms with Crippen LogP contribution in [0.2, 0.25) is 0 Å². The zero-order chi connectivity index (χ0) is 15.4. The summed E-state index contributed by atoms with van der Waals surface area (Å²) in [5.74, 6) is 0.201. The summed E-state index contributed by atoms with van der Waals surface area (Å²) in [4.78, 5) is 18.3. The molecule has 3 rings (SSSR count). The van der Waals surface area contributed by atoms with Gasteiger partial charge in [-0.2, -0.15) is 5.26 Å². The van der Waals surface area contributed by atoms with E-state index < -0.39 is 0 Å². The first kappa shape index (κ1) is 15.0. The number of nitrogens with zero attached hydrogens (tertiary/aromatic N) is 5. The number of hydrogen-bond acceptors (Lipinski definition) is 4. The lowest BCUT2D eigenvalue weighted by Gasteiger charge is -2.36. The molecular weight excluding hydrogens is 278 g/mol. The normalized spacial score (nSPS) is 21.3. The number of hydrogen-bond donors (Lipinski definition) is 0. The van der Waals surface area contributed by atoms with Crippen molar-refractivity contribution in [3.63, 3.8) is 0 Å². The van der Waals surface area contributed by atoms with Gasteiger partial charge in [0.15, 0.2) is 0 Å². The highest BCUT2D eigenvalue weighted by molar-refractivity contribution is 5.75. The van der Waals surface area contributed by atoms with E-state index in [1.165, 1.54) is 49.5 Å². The molecule has 6 heteroatoms. The first-order chi connectivity index (χ1) is 10.7. The lowest BCUT2D eigenvalue weighted by atomic mass is 9.69. The van der Waals surface area contributed by atoms with Crippen molar-refractivity contribution in [3.05, 3.63) is 12.2 Å². The highest BCUT2D eigenvalue weighted by Gasteiger charge is 2.34. The van der Waals surface area contributed by atoms with E-state index >= 15 is 0 Å². The van der Waals surface area contributed by atoms with E-state index in [4.69, 9.17) is 5.26 Å². The average molecular weight is 301 g/mol. The van der Waals surface area contributed by atoms with E-state index in [1.54, 1.807) is 0 Å². The topological polar surface area (TPSA) is 74.8 Å². The first-order valence-corrected chi connectivity index (χ1v) is 8.28. The molecule has 0 bridgehead atoms. The van der Waals surface area contributed by atoms with Crippen LogP contribution in [0.1, 0.15) is 57.2 Å². The van der Waals surface area contributed by atoms with Gasteiger partial charge in [0, 0.05) is 13.1 Å². The van der Waals surface area contributed by atoms with Gasteiger partial charge < -0.3 is 4.90 Å². The molecule has 1 saturated carbocycles. The van der Waals surface area contributed by atoms with Gasteiger partial charge in [0.05, 0.1) is 0 Å². The second-order valence-electron chi connectivity index (χ2n) is 6.67. The molecule has 1 aliphatic carbocycles. The summed E-state index contributed by atoms with van der Waals surface area (Å²) >= 11 is 0. The predicted octanol–water partition coefficient (Wildman–Crippen LogP) is 2.11. The third-order valence-electron chi connectivity index (χ3n) is 5.25. The molecule has 1 aromatic rings. The van der Waals surface area contributed by atoms with Crippen LogP contribution in [0, 0.1) is 16.7 Å². The lowest BCUT2D eigenvalue weighted by Crippen LogP contribution is -2.35. The minimum absolute atomic E-state index is 0.0854. The third-order valence-corrected chi connectivity index (χ3v) is 5.25. The summed E-state index contributed by atoms with van der Waals surface area (Å²) in [5.41, 5.74) is 0.495. The first-order valence-electron chi connectivity index (χ1n) is 8.28. The molecule has 6 nitrogen and oxygen atoms in total. The Kier molecular flexibility index (Phi) is 4.41. The summed E-state index contributed by atoms with van der Waals surface area (Å²) in [6, 6.07) is 1.88. The van der Waals surface area contributed by atoms with Crippen LogP contribution in [0.5, 0.6) is 0 Å². The molecule has 0 radical (unpaired) electrons. The molecule has 0 aromatic carbocycles. The van der Waals surface area contributed by atoms with Crippen molar-refractivity contribution in [3.8, 4) is 6.07 Å².